The molecule has 1 unspecified atom stereocenters. The summed E-state index contributed by atoms with van der Waals surface area (Å²) in [5.41, 5.74) is 7.92. The van der Waals surface area contributed by atoms with Gasteiger partial charge in [0.1, 0.15) is 5.52 Å². The van der Waals surface area contributed by atoms with E-state index in [1.807, 2.05) is 18.2 Å². The van der Waals surface area contributed by atoms with E-state index >= 15 is 0 Å². The van der Waals surface area contributed by atoms with E-state index < -0.39 is 6.10 Å². The van der Waals surface area contributed by atoms with Crippen molar-refractivity contribution >= 4 is 28.4 Å². The highest BCUT2D eigenvalue weighted by atomic mass is 35.5. The summed E-state index contributed by atoms with van der Waals surface area (Å²) in [6, 6.07) is 12.4. The Morgan fingerprint density at radius 1 is 1.21 bits per heavy atom. The highest BCUT2D eigenvalue weighted by molar-refractivity contribution is 6.33. The SMILES string of the molecule is Nc1cc2oc(C(O)c3ccccc3)nc2cc1Cl. The fraction of sp³-hybridized carbons (Fsp3) is 0.0714. The van der Waals surface area contributed by atoms with Gasteiger partial charge < -0.3 is 15.3 Å². The van der Waals surface area contributed by atoms with Crippen molar-refractivity contribution in [3.63, 3.8) is 0 Å². The van der Waals surface area contributed by atoms with Gasteiger partial charge in [0.2, 0.25) is 5.89 Å². The van der Waals surface area contributed by atoms with Crippen LogP contribution >= 0.6 is 11.6 Å². The largest absolute Gasteiger partial charge is 0.437 e. The van der Waals surface area contributed by atoms with Crippen molar-refractivity contribution in [3.05, 3.63) is 58.9 Å². The number of nitrogens with two attached hydrogens (primary N) is 1. The molecule has 3 aromatic rings. The van der Waals surface area contributed by atoms with Gasteiger partial charge in [0.25, 0.3) is 0 Å². The maximum Gasteiger partial charge on any atom is 0.229 e. The second-order valence-electron chi connectivity index (χ2n) is 4.21. The number of halogens is 1. The molecule has 3 N–H and O–H groups in total. The van der Waals surface area contributed by atoms with Gasteiger partial charge in [-0.15, -0.1) is 0 Å². The molecule has 0 aliphatic heterocycles. The molecule has 3 rings (SSSR count). The van der Waals surface area contributed by atoms with Crippen molar-refractivity contribution in [1.29, 1.82) is 0 Å². The summed E-state index contributed by atoms with van der Waals surface area (Å²) >= 11 is 5.92. The average molecular weight is 275 g/mol. The summed E-state index contributed by atoms with van der Waals surface area (Å²) in [7, 11) is 0. The van der Waals surface area contributed by atoms with Gasteiger partial charge in [-0.05, 0) is 11.6 Å². The smallest absolute Gasteiger partial charge is 0.229 e. The third kappa shape index (κ3) is 2.16. The molecule has 1 aromatic heterocycles. The van der Waals surface area contributed by atoms with Crippen LogP contribution in [0.15, 0.2) is 46.9 Å². The minimum atomic E-state index is -0.909. The quantitative estimate of drug-likeness (QED) is 0.704. The van der Waals surface area contributed by atoms with Crippen LogP contribution in [0, 0.1) is 0 Å². The number of hydrogen-bond acceptors (Lipinski definition) is 4. The molecule has 4 nitrogen and oxygen atoms in total. The van der Waals surface area contributed by atoms with Crippen LogP contribution in [0.5, 0.6) is 0 Å². The van der Waals surface area contributed by atoms with Crippen LogP contribution in [0.25, 0.3) is 11.1 Å². The molecule has 1 heterocycles. The summed E-state index contributed by atoms with van der Waals surface area (Å²) in [4.78, 5) is 4.23. The molecule has 0 amide bonds. The fourth-order valence-corrected chi connectivity index (χ4v) is 2.03. The van der Waals surface area contributed by atoms with E-state index in [0.29, 0.717) is 27.4 Å². The Kier molecular flexibility index (Phi) is 2.89. The lowest BCUT2D eigenvalue weighted by molar-refractivity contribution is 0.185. The molecule has 2 aromatic carbocycles. The summed E-state index contributed by atoms with van der Waals surface area (Å²) < 4.78 is 5.52. The van der Waals surface area contributed by atoms with Crippen LogP contribution in [0.4, 0.5) is 5.69 Å². The lowest BCUT2D eigenvalue weighted by Crippen LogP contribution is -1.99. The third-order valence-electron chi connectivity index (χ3n) is 2.87. The first-order valence-corrected chi connectivity index (χ1v) is 6.11. The predicted molar refractivity (Wildman–Crippen MR) is 73.9 cm³/mol. The molecule has 1 atom stereocenters. The van der Waals surface area contributed by atoms with Crippen molar-refractivity contribution < 1.29 is 9.52 Å². The van der Waals surface area contributed by atoms with E-state index in [0.717, 1.165) is 0 Å². The first-order valence-electron chi connectivity index (χ1n) is 5.73. The van der Waals surface area contributed by atoms with Crippen LogP contribution in [0.1, 0.15) is 17.6 Å². The standard InChI is InChI=1S/C14H11ClN2O2/c15-9-6-11-12(7-10(9)16)19-14(17-11)13(18)8-4-2-1-3-5-8/h1-7,13,18H,16H2. The van der Waals surface area contributed by atoms with Gasteiger partial charge in [0.15, 0.2) is 11.7 Å². The predicted octanol–water partition coefficient (Wildman–Crippen LogP) is 3.15. The first kappa shape index (κ1) is 12.0. The Bertz CT molecular complexity index is 686. The molecule has 96 valence electrons. The maximum absolute atomic E-state index is 10.2. The highest BCUT2D eigenvalue weighted by Crippen LogP contribution is 2.29. The minimum Gasteiger partial charge on any atom is -0.437 e. The van der Waals surface area contributed by atoms with Crippen molar-refractivity contribution in [2.24, 2.45) is 0 Å². The molecule has 0 aliphatic carbocycles. The first-order chi connectivity index (χ1) is 9.15. The zero-order valence-electron chi connectivity index (χ0n) is 9.88. The zero-order valence-corrected chi connectivity index (χ0v) is 10.6. The molecule has 0 aliphatic rings. The number of aliphatic hydroxyl groups is 1. The van der Waals surface area contributed by atoms with Crippen molar-refractivity contribution in [3.8, 4) is 0 Å². The molecule has 0 bridgehead atoms. The lowest BCUT2D eigenvalue weighted by Gasteiger charge is -2.05. The number of rotatable bonds is 2. The van der Waals surface area contributed by atoms with E-state index in [9.17, 15) is 5.11 Å². The molecule has 0 spiro atoms. The average Bonchev–Trinajstić information content (AvgIpc) is 2.82. The van der Waals surface area contributed by atoms with Gasteiger partial charge in [-0.1, -0.05) is 41.9 Å². The van der Waals surface area contributed by atoms with Gasteiger partial charge in [0.05, 0.1) is 10.7 Å². The topological polar surface area (TPSA) is 72.3 Å². The van der Waals surface area contributed by atoms with Crippen molar-refractivity contribution in [2.45, 2.75) is 6.10 Å². The molecule has 0 saturated carbocycles. The number of nitrogens with zero attached hydrogens (tertiary/aromatic N) is 1. The Morgan fingerprint density at radius 2 is 1.95 bits per heavy atom. The van der Waals surface area contributed by atoms with Crippen molar-refractivity contribution in [1.82, 2.24) is 4.98 Å². The maximum atomic E-state index is 10.2. The second-order valence-corrected chi connectivity index (χ2v) is 4.61. The number of benzene rings is 2. The number of aliphatic hydroxyl groups excluding tert-OH is 1. The van der Waals surface area contributed by atoms with Crippen LogP contribution in [0.3, 0.4) is 0 Å². The van der Waals surface area contributed by atoms with Crippen LogP contribution in [0.2, 0.25) is 5.02 Å². The minimum absolute atomic E-state index is 0.225. The summed E-state index contributed by atoms with van der Waals surface area (Å²) in [5, 5.41) is 10.6. The Hall–Kier alpha value is -2.04. The van der Waals surface area contributed by atoms with E-state index in [1.165, 1.54) is 0 Å². The summed E-state index contributed by atoms with van der Waals surface area (Å²) in [6.07, 6.45) is -0.909. The summed E-state index contributed by atoms with van der Waals surface area (Å²) in [6.45, 7) is 0. The van der Waals surface area contributed by atoms with Gasteiger partial charge in [0, 0.05) is 6.07 Å². The Balaban J connectivity index is 2.06. The molecular formula is C14H11ClN2O2. The second kappa shape index (κ2) is 4.57. The van der Waals surface area contributed by atoms with E-state index in [-0.39, 0.29) is 5.89 Å². The normalized spacial score (nSPS) is 12.7. The molecule has 19 heavy (non-hydrogen) atoms. The van der Waals surface area contributed by atoms with Crippen LogP contribution in [-0.2, 0) is 0 Å². The van der Waals surface area contributed by atoms with Crippen LogP contribution < -0.4 is 5.73 Å². The Morgan fingerprint density at radius 3 is 2.68 bits per heavy atom. The number of nitrogen functional groups attached to an aromatic ring is 1. The van der Waals surface area contributed by atoms with Gasteiger partial charge in [-0.3, -0.25) is 0 Å². The van der Waals surface area contributed by atoms with E-state index in [2.05, 4.69) is 4.98 Å². The van der Waals surface area contributed by atoms with Crippen LogP contribution in [-0.4, -0.2) is 10.1 Å². The number of oxazole rings is 1. The number of aromatic nitrogens is 1. The van der Waals surface area contributed by atoms with Gasteiger partial charge in [-0.2, -0.15) is 0 Å². The Labute approximate surface area is 114 Å². The number of anilines is 1. The fourth-order valence-electron chi connectivity index (χ4n) is 1.88. The molecule has 5 heteroatoms. The highest BCUT2D eigenvalue weighted by Gasteiger charge is 2.17. The van der Waals surface area contributed by atoms with Gasteiger partial charge >= 0.3 is 0 Å². The van der Waals surface area contributed by atoms with Gasteiger partial charge in [-0.25, -0.2) is 4.98 Å². The molecule has 0 saturated heterocycles. The monoisotopic (exact) mass is 274 g/mol. The molecular weight excluding hydrogens is 264 g/mol. The van der Waals surface area contributed by atoms with E-state index in [4.69, 9.17) is 21.8 Å². The third-order valence-corrected chi connectivity index (χ3v) is 3.20. The van der Waals surface area contributed by atoms with E-state index in [1.54, 1.807) is 24.3 Å². The lowest BCUT2D eigenvalue weighted by atomic mass is 10.1. The molecule has 0 fully saturated rings. The number of fused-ring (bicyclic) bond motifs is 1. The summed E-state index contributed by atoms with van der Waals surface area (Å²) in [5.74, 6) is 0.225. The van der Waals surface area contributed by atoms with Crippen molar-refractivity contribution in [2.75, 3.05) is 5.73 Å². The number of hydrogen-bond donors (Lipinski definition) is 2. The zero-order chi connectivity index (χ0) is 13.4. The molecule has 0 radical (unpaired) electrons.